The number of aromatic nitrogens is 3. The summed E-state index contributed by atoms with van der Waals surface area (Å²) in [5, 5.41) is 7.89. The van der Waals surface area contributed by atoms with Crippen molar-refractivity contribution in [1.82, 2.24) is 14.8 Å². The number of hydrogen-bond acceptors (Lipinski definition) is 4. The van der Waals surface area contributed by atoms with Crippen LogP contribution in [-0.2, 0) is 24.3 Å². The number of fused-ring (bicyclic) bond motifs is 1. The lowest BCUT2D eigenvalue weighted by molar-refractivity contribution is 0.561. The molecule has 12 heavy (non-hydrogen) atoms. The Morgan fingerprint density at radius 3 is 3.33 bits per heavy atom. The Balaban J connectivity index is 2.27. The SMILES string of the molecule is O=C=NCc1nnc2n1CCC2. The van der Waals surface area contributed by atoms with Gasteiger partial charge < -0.3 is 4.57 Å². The van der Waals surface area contributed by atoms with Gasteiger partial charge in [-0.3, -0.25) is 0 Å². The van der Waals surface area contributed by atoms with Crippen LogP contribution in [-0.4, -0.2) is 20.8 Å². The number of rotatable bonds is 2. The van der Waals surface area contributed by atoms with Gasteiger partial charge in [0.05, 0.1) is 0 Å². The van der Waals surface area contributed by atoms with Crippen LogP contribution in [0.3, 0.4) is 0 Å². The zero-order valence-electron chi connectivity index (χ0n) is 6.53. The van der Waals surface area contributed by atoms with Crippen molar-refractivity contribution in [3.63, 3.8) is 0 Å². The summed E-state index contributed by atoms with van der Waals surface area (Å²) in [6.45, 7) is 1.25. The largest absolute Gasteiger partial charge is 0.313 e. The Morgan fingerprint density at radius 2 is 2.50 bits per heavy atom. The van der Waals surface area contributed by atoms with E-state index in [4.69, 9.17) is 0 Å². The summed E-state index contributed by atoms with van der Waals surface area (Å²) >= 11 is 0. The van der Waals surface area contributed by atoms with Crippen molar-refractivity contribution in [2.45, 2.75) is 25.9 Å². The molecule has 0 aliphatic carbocycles. The Labute approximate surface area is 69.1 Å². The average molecular weight is 164 g/mol. The third-order valence-electron chi connectivity index (χ3n) is 1.97. The van der Waals surface area contributed by atoms with Gasteiger partial charge in [0.2, 0.25) is 6.08 Å². The molecule has 0 bridgehead atoms. The smallest absolute Gasteiger partial charge is 0.235 e. The Bertz CT molecular complexity index is 337. The van der Waals surface area contributed by atoms with Crippen molar-refractivity contribution < 1.29 is 4.79 Å². The summed E-state index contributed by atoms with van der Waals surface area (Å²) in [6.07, 6.45) is 3.59. The third kappa shape index (κ3) is 1.04. The molecule has 0 amide bonds. The molecule has 0 saturated heterocycles. The molecule has 5 heteroatoms. The second kappa shape index (κ2) is 2.87. The summed E-state index contributed by atoms with van der Waals surface area (Å²) < 4.78 is 2.01. The molecule has 2 rings (SSSR count). The van der Waals surface area contributed by atoms with Crippen LogP contribution in [0.1, 0.15) is 18.1 Å². The van der Waals surface area contributed by atoms with Crippen LogP contribution in [0, 0.1) is 0 Å². The van der Waals surface area contributed by atoms with Crippen molar-refractivity contribution in [2.75, 3.05) is 0 Å². The normalized spacial score (nSPS) is 14.0. The molecule has 0 spiro atoms. The number of aliphatic imine (C=N–C) groups is 1. The number of carbonyl (C=O) groups excluding carboxylic acids is 1. The molecule has 5 nitrogen and oxygen atoms in total. The van der Waals surface area contributed by atoms with Crippen LogP contribution >= 0.6 is 0 Å². The molecule has 1 aliphatic rings. The minimum atomic E-state index is 0.302. The van der Waals surface area contributed by atoms with Crippen molar-refractivity contribution in [2.24, 2.45) is 4.99 Å². The summed E-state index contributed by atoms with van der Waals surface area (Å²) in [6, 6.07) is 0. The second-order valence-corrected chi connectivity index (χ2v) is 2.70. The van der Waals surface area contributed by atoms with Gasteiger partial charge in [-0.05, 0) is 6.42 Å². The van der Waals surface area contributed by atoms with Gasteiger partial charge in [-0.1, -0.05) is 0 Å². The van der Waals surface area contributed by atoms with Gasteiger partial charge in [0, 0.05) is 13.0 Å². The molecule has 0 aromatic carbocycles. The minimum Gasteiger partial charge on any atom is -0.313 e. The monoisotopic (exact) mass is 164 g/mol. The lowest BCUT2D eigenvalue weighted by Crippen LogP contribution is -1.99. The highest BCUT2D eigenvalue weighted by atomic mass is 16.1. The van der Waals surface area contributed by atoms with E-state index >= 15 is 0 Å². The fraction of sp³-hybridized carbons (Fsp3) is 0.571. The molecular formula is C7H8N4O. The highest BCUT2D eigenvalue weighted by molar-refractivity contribution is 5.32. The topological polar surface area (TPSA) is 60.1 Å². The molecule has 0 N–H and O–H groups in total. The van der Waals surface area contributed by atoms with Crippen LogP contribution in [0.4, 0.5) is 0 Å². The summed E-state index contributed by atoms with van der Waals surface area (Å²) in [5.74, 6) is 1.77. The van der Waals surface area contributed by atoms with E-state index < -0.39 is 0 Å². The van der Waals surface area contributed by atoms with E-state index in [1.807, 2.05) is 4.57 Å². The van der Waals surface area contributed by atoms with Crippen LogP contribution in [0.5, 0.6) is 0 Å². The molecule has 1 aromatic heterocycles. The minimum absolute atomic E-state index is 0.302. The number of aryl methyl sites for hydroxylation is 1. The van der Waals surface area contributed by atoms with Gasteiger partial charge in [0.15, 0.2) is 5.82 Å². The van der Waals surface area contributed by atoms with Crippen LogP contribution in [0.15, 0.2) is 4.99 Å². The summed E-state index contributed by atoms with van der Waals surface area (Å²) in [4.78, 5) is 13.3. The number of nitrogens with zero attached hydrogens (tertiary/aromatic N) is 4. The molecule has 0 fully saturated rings. The first-order chi connectivity index (χ1) is 5.92. The first kappa shape index (κ1) is 7.18. The molecule has 1 aromatic rings. The number of hydrogen-bond donors (Lipinski definition) is 0. The summed E-state index contributed by atoms with van der Waals surface area (Å²) in [5.41, 5.74) is 0. The standard InChI is InChI=1S/C7H8N4O/c12-5-8-4-7-10-9-6-2-1-3-11(6)7/h1-4H2. The molecular weight excluding hydrogens is 156 g/mol. The lowest BCUT2D eigenvalue weighted by atomic mass is 10.4. The van der Waals surface area contributed by atoms with E-state index in [2.05, 4.69) is 15.2 Å². The highest BCUT2D eigenvalue weighted by Gasteiger charge is 2.16. The maximum absolute atomic E-state index is 9.85. The van der Waals surface area contributed by atoms with Crippen molar-refractivity contribution >= 4 is 6.08 Å². The van der Waals surface area contributed by atoms with Crippen LogP contribution in [0.2, 0.25) is 0 Å². The fourth-order valence-corrected chi connectivity index (χ4v) is 1.43. The molecule has 62 valence electrons. The first-order valence-corrected chi connectivity index (χ1v) is 3.86. The van der Waals surface area contributed by atoms with E-state index in [1.54, 1.807) is 0 Å². The molecule has 0 radical (unpaired) electrons. The predicted octanol–water partition coefficient (Wildman–Crippen LogP) is 0.0601. The Hall–Kier alpha value is -1.48. The van der Waals surface area contributed by atoms with Crippen LogP contribution < -0.4 is 0 Å². The van der Waals surface area contributed by atoms with Crippen molar-refractivity contribution in [1.29, 1.82) is 0 Å². The van der Waals surface area contributed by atoms with Crippen molar-refractivity contribution in [3.05, 3.63) is 11.6 Å². The van der Waals surface area contributed by atoms with Gasteiger partial charge >= 0.3 is 0 Å². The van der Waals surface area contributed by atoms with E-state index in [0.717, 1.165) is 31.0 Å². The van der Waals surface area contributed by atoms with E-state index in [9.17, 15) is 4.79 Å². The van der Waals surface area contributed by atoms with E-state index in [-0.39, 0.29) is 0 Å². The predicted molar refractivity (Wildman–Crippen MR) is 40.2 cm³/mol. The van der Waals surface area contributed by atoms with Gasteiger partial charge in [-0.15, -0.1) is 10.2 Å². The molecule has 0 unspecified atom stereocenters. The fourth-order valence-electron chi connectivity index (χ4n) is 1.43. The van der Waals surface area contributed by atoms with E-state index in [1.165, 1.54) is 6.08 Å². The van der Waals surface area contributed by atoms with E-state index in [0.29, 0.717) is 6.54 Å². The Kier molecular flexibility index (Phi) is 1.72. The Morgan fingerprint density at radius 1 is 1.58 bits per heavy atom. The molecule has 0 saturated carbocycles. The highest BCUT2D eigenvalue weighted by Crippen LogP contribution is 2.13. The zero-order chi connectivity index (χ0) is 8.39. The zero-order valence-corrected chi connectivity index (χ0v) is 6.53. The van der Waals surface area contributed by atoms with Gasteiger partial charge in [-0.2, -0.15) is 4.99 Å². The number of isocyanates is 1. The average Bonchev–Trinajstić information content (AvgIpc) is 2.62. The molecule has 0 atom stereocenters. The van der Waals surface area contributed by atoms with Crippen LogP contribution in [0.25, 0.3) is 0 Å². The third-order valence-corrected chi connectivity index (χ3v) is 1.97. The van der Waals surface area contributed by atoms with Crippen molar-refractivity contribution in [3.8, 4) is 0 Å². The summed E-state index contributed by atoms with van der Waals surface area (Å²) in [7, 11) is 0. The maximum atomic E-state index is 9.85. The quantitative estimate of drug-likeness (QED) is 0.458. The first-order valence-electron chi connectivity index (χ1n) is 3.86. The molecule has 2 heterocycles. The lowest BCUT2D eigenvalue weighted by Gasteiger charge is -1.96. The molecule has 1 aliphatic heterocycles. The maximum Gasteiger partial charge on any atom is 0.235 e. The second-order valence-electron chi connectivity index (χ2n) is 2.70. The van der Waals surface area contributed by atoms with Gasteiger partial charge in [0.1, 0.15) is 12.4 Å². The van der Waals surface area contributed by atoms with Gasteiger partial charge in [0.25, 0.3) is 0 Å². The van der Waals surface area contributed by atoms with Gasteiger partial charge in [-0.25, -0.2) is 4.79 Å².